The van der Waals surface area contributed by atoms with Crippen LogP contribution < -0.4 is 0 Å². The number of nitriles is 2. The van der Waals surface area contributed by atoms with Gasteiger partial charge in [-0.1, -0.05) is 146 Å². The fraction of sp³-hybridized carbons (Fsp3) is 0.125. The number of rotatable bonds is 0. The summed E-state index contributed by atoms with van der Waals surface area (Å²) in [6, 6.07) is 67.6. The molecular weight excluding hydrogens is 811 g/mol. The molecule has 0 amide bonds. The number of benzene rings is 9. The van der Waals surface area contributed by atoms with E-state index in [1.807, 2.05) is 0 Å². The molecule has 0 saturated heterocycles. The number of aromatic nitrogens is 1. The molecular formula is C64H33N3. The van der Waals surface area contributed by atoms with Crippen LogP contribution in [0.2, 0.25) is 0 Å². The Balaban J connectivity index is 1.05. The summed E-state index contributed by atoms with van der Waals surface area (Å²) in [5.41, 5.74) is 29.5. The van der Waals surface area contributed by atoms with Crippen LogP contribution in [0.25, 0.3) is 38.1 Å². The van der Waals surface area contributed by atoms with Gasteiger partial charge in [0.1, 0.15) is 0 Å². The van der Waals surface area contributed by atoms with Gasteiger partial charge in [0.2, 0.25) is 0 Å². The van der Waals surface area contributed by atoms with Crippen LogP contribution in [-0.2, 0) is 10.8 Å². The van der Waals surface area contributed by atoms with Gasteiger partial charge in [0.15, 0.2) is 0 Å². The first-order valence-corrected chi connectivity index (χ1v) is 24.0. The predicted octanol–water partition coefficient (Wildman–Crippen LogP) is 13.3. The highest BCUT2D eigenvalue weighted by Gasteiger charge is 2.72. The van der Waals surface area contributed by atoms with Crippen molar-refractivity contribution in [2.45, 2.75) is 46.3 Å². The summed E-state index contributed by atoms with van der Waals surface area (Å²) in [6.07, 6.45) is 0. The van der Waals surface area contributed by atoms with Crippen molar-refractivity contribution in [2.75, 3.05) is 0 Å². The Labute approximate surface area is 384 Å². The van der Waals surface area contributed by atoms with E-state index >= 15 is 0 Å². The fourth-order valence-electron chi connectivity index (χ4n) is 17.7. The van der Waals surface area contributed by atoms with Crippen molar-refractivity contribution in [3.63, 3.8) is 0 Å². The van der Waals surface area contributed by atoms with E-state index in [9.17, 15) is 10.5 Å². The van der Waals surface area contributed by atoms with Crippen LogP contribution in [0.3, 0.4) is 0 Å². The molecule has 0 radical (unpaired) electrons. The van der Waals surface area contributed by atoms with E-state index in [0.717, 1.165) is 22.2 Å². The highest BCUT2D eigenvalue weighted by Crippen LogP contribution is 2.81. The summed E-state index contributed by atoms with van der Waals surface area (Å²) in [4.78, 5) is 0. The van der Waals surface area contributed by atoms with E-state index in [0.29, 0.717) is 0 Å². The summed E-state index contributed by atoms with van der Waals surface area (Å²) in [7, 11) is 0. The van der Waals surface area contributed by atoms with Crippen LogP contribution in [0, 0.1) is 22.7 Å². The van der Waals surface area contributed by atoms with Crippen molar-refractivity contribution in [1.82, 2.24) is 4.40 Å². The van der Waals surface area contributed by atoms with Crippen LogP contribution in [0.1, 0.15) is 147 Å². The van der Waals surface area contributed by atoms with E-state index in [1.54, 1.807) is 0 Å². The topological polar surface area (TPSA) is 52.0 Å². The van der Waals surface area contributed by atoms with Crippen molar-refractivity contribution in [1.29, 1.82) is 10.5 Å². The van der Waals surface area contributed by atoms with Gasteiger partial charge in [-0.25, -0.2) is 0 Å². The van der Waals surface area contributed by atoms with E-state index in [2.05, 4.69) is 180 Å². The first-order valence-electron chi connectivity index (χ1n) is 24.0. The third-order valence-corrected chi connectivity index (χ3v) is 19.3. The second-order valence-electron chi connectivity index (χ2n) is 20.9. The number of hydrogen-bond donors (Lipinski definition) is 0. The Morgan fingerprint density at radius 1 is 0.358 bits per heavy atom. The quantitative estimate of drug-likeness (QED) is 0.153. The zero-order valence-corrected chi connectivity index (χ0v) is 35.9. The maximum atomic E-state index is 11.5. The molecule has 2 bridgehead atoms. The highest BCUT2D eigenvalue weighted by atomic mass is 14.9. The standard InChI is InChI=1S/C64H33N3/c65-28-30-25-46-52(55-48(30)50-32-13-1-3-15-34(32)51(55)35-16-4-2-14-33(35)50)41-27-40-53(60-38-19-7-10-22-43(38)63(60)42-21-9-5-17-36(42)58(40)63)57-54-47(67(46)62(41)57)26-31(29-66)49-56(54)61-39-20-8-12-24-45(39)64(61)44-23-11-6-18-37(44)59(49)64/h1-27,50-51,58-61H. The molecule has 11 aromatic rings. The van der Waals surface area contributed by atoms with E-state index in [4.69, 9.17) is 0 Å². The predicted molar refractivity (Wildman–Crippen MR) is 260 cm³/mol. The molecule has 304 valence electrons. The molecule has 9 aliphatic rings. The average Bonchev–Trinajstić information content (AvgIpc) is 4.01. The first-order chi connectivity index (χ1) is 33.2. The molecule has 6 unspecified atom stereocenters. The van der Waals surface area contributed by atoms with Crippen LogP contribution >= 0.6 is 0 Å². The molecule has 9 aromatic carbocycles. The van der Waals surface area contributed by atoms with Crippen molar-refractivity contribution in [2.24, 2.45) is 0 Å². The van der Waals surface area contributed by atoms with Crippen molar-refractivity contribution >= 4 is 38.1 Å². The van der Waals surface area contributed by atoms with Gasteiger partial charge in [-0.3, -0.25) is 0 Å². The maximum absolute atomic E-state index is 11.5. The SMILES string of the molecule is N#Cc1cc2c(c3c1C1c4ccccc4C3c3ccccc31)c1cc3c(c4c5c6c(c(C#N)cc5n2c14)C1c2ccccc2C12c1ccccc1C62)C1c2ccccc2C12c1ccccc1C32. The number of hydrogen-bond acceptors (Lipinski definition) is 2. The lowest BCUT2D eigenvalue weighted by atomic mass is 9.43. The first kappa shape index (κ1) is 33.3. The fourth-order valence-corrected chi connectivity index (χ4v) is 17.7. The average molecular weight is 844 g/mol. The van der Waals surface area contributed by atoms with Crippen molar-refractivity contribution in [3.05, 3.63) is 275 Å². The van der Waals surface area contributed by atoms with Crippen LogP contribution in [0.15, 0.2) is 164 Å². The minimum atomic E-state index is -0.195. The molecule has 2 aromatic heterocycles. The van der Waals surface area contributed by atoms with Crippen LogP contribution in [0.4, 0.5) is 0 Å². The van der Waals surface area contributed by atoms with Gasteiger partial charge >= 0.3 is 0 Å². The Bertz CT molecular complexity index is 4390. The lowest BCUT2D eigenvalue weighted by Crippen LogP contribution is -2.52. The lowest BCUT2D eigenvalue weighted by molar-refractivity contribution is 0.333. The Morgan fingerprint density at radius 2 is 0.761 bits per heavy atom. The summed E-state index contributed by atoms with van der Waals surface area (Å²) in [5.74, 6) is 0.651. The van der Waals surface area contributed by atoms with Crippen molar-refractivity contribution < 1.29 is 0 Å². The minimum absolute atomic E-state index is 0.00999. The van der Waals surface area contributed by atoms with Crippen LogP contribution in [0.5, 0.6) is 0 Å². The molecule has 9 aliphatic carbocycles. The molecule has 20 rings (SSSR count). The van der Waals surface area contributed by atoms with Gasteiger partial charge in [-0.15, -0.1) is 0 Å². The van der Waals surface area contributed by atoms with Crippen LogP contribution in [-0.4, -0.2) is 4.40 Å². The summed E-state index contributed by atoms with van der Waals surface area (Å²) >= 11 is 0. The van der Waals surface area contributed by atoms with Gasteiger partial charge in [0, 0.05) is 67.9 Å². The lowest BCUT2D eigenvalue weighted by Gasteiger charge is -2.58. The molecule has 67 heavy (non-hydrogen) atoms. The molecule has 3 nitrogen and oxygen atoms in total. The van der Waals surface area contributed by atoms with E-state index in [1.165, 1.54) is 127 Å². The van der Waals surface area contributed by atoms with E-state index in [-0.39, 0.29) is 46.3 Å². The Kier molecular flexibility index (Phi) is 5.09. The van der Waals surface area contributed by atoms with Gasteiger partial charge in [-0.05, 0) is 118 Å². The molecule has 3 heteroatoms. The smallest absolute Gasteiger partial charge is 0.0995 e. The Morgan fingerprint density at radius 3 is 1.28 bits per heavy atom. The second-order valence-corrected chi connectivity index (χ2v) is 20.9. The van der Waals surface area contributed by atoms with E-state index < -0.39 is 0 Å². The van der Waals surface area contributed by atoms with Crippen molar-refractivity contribution in [3.8, 4) is 12.1 Å². The Hall–Kier alpha value is -8.24. The molecule has 6 atom stereocenters. The molecule has 2 heterocycles. The zero-order valence-electron chi connectivity index (χ0n) is 35.9. The third-order valence-electron chi connectivity index (χ3n) is 19.3. The second kappa shape index (κ2) is 10.2. The van der Waals surface area contributed by atoms with Gasteiger partial charge in [-0.2, -0.15) is 10.5 Å². The molecule has 0 N–H and O–H groups in total. The molecule has 0 fully saturated rings. The summed E-state index contributed by atoms with van der Waals surface area (Å²) in [5, 5.41) is 28.2. The monoisotopic (exact) mass is 843 g/mol. The summed E-state index contributed by atoms with van der Waals surface area (Å²) in [6.45, 7) is 0. The highest BCUT2D eigenvalue weighted by molar-refractivity contribution is 6.28. The molecule has 0 saturated carbocycles. The molecule has 0 aliphatic heterocycles. The minimum Gasteiger partial charge on any atom is -0.308 e. The van der Waals surface area contributed by atoms with Gasteiger partial charge in [0.25, 0.3) is 0 Å². The maximum Gasteiger partial charge on any atom is 0.0995 e. The zero-order chi connectivity index (χ0) is 43.1. The number of nitrogens with zero attached hydrogens (tertiary/aromatic N) is 3. The van der Waals surface area contributed by atoms with Gasteiger partial charge < -0.3 is 4.40 Å². The largest absolute Gasteiger partial charge is 0.308 e. The third kappa shape index (κ3) is 2.97. The normalized spacial score (nSPS) is 26.3. The summed E-state index contributed by atoms with van der Waals surface area (Å²) < 4.78 is 2.55. The molecule has 2 spiro atoms. The number of fused-ring (bicyclic) bond motifs is 22. The van der Waals surface area contributed by atoms with Gasteiger partial charge in [0.05, 0.1) is 39.8 Å².